The lowest BCUT2D eigenvalue weighted by Gasteiger charge is -2.04. The topological polar surface area (TPSA) is 27.7 Å². The maximum Gasteiger partial charge on any atom is 0.146 e. The molecular formula is C14H20O3. The second-order valence-corrected chi connectivity index (χ2v) is 3.81. The molecule has 0 saturated carbocycles. The first kappa shape index (κ1) is 13.9. The summed E-state index contributed by atoms with van der Waals surface area (Å²) in [5, 5.41) is 0. The summed E-state index contributed by atoms with van der Waals surface area (Å²) in [4.78, 5) is 0. The van der Waals surface area contributed by atoms with Crippen LogP contribution in [-0.4, -0.2) is 27.1 Å². The molecule has 1 aromatic carbocycles. The first-order valence-corrected chi connectivity index (χ1v) is 5.67. The van der Waals surface area contributed by atoms with Crippen LogP contribution in [0.3, 0.4) is 0 Å². The summed E-state index contributed by atoms with van der Waals surface area (Å²) < 4.78 is 15.5. The molecule has 94 valence electrons. The van der Waals surface area contributed by atoms with Crippen LogP contribution in [0.5, 0.6) is 0 Å². The molecule has 1 aromatic rings. The van der Waals surface area contributed by atoms with E-state index in [-0.39, 0.29) is 0 Å². The Kier molecular flexibility index (Phi) is 7.30. The first-order chi connectivity index (χ1) is 8.33. The molecule has 17 heavy (non-hydrogen) atoms. The predicted molar refractivity (Wildman–Crippen MR) is 67.7 cm³/mol. The fraction of sp³-hybridized carbons (Fsp3) is 0.429. The molecule has 0 amide bonds. The van der Waals surface area contributed by atoms with Crippen molar-refractivity contribution in [3.63, 3.8) is 0 Å². The minimum atomic E-state index is 0.329. The average molecular weight is 236 g/mol. The van der Waals surface area contributed by atoms with Crippen molar-refractivity contribution in [3.8, 4) is 0 Å². The van der Waals surface area contributed by atoms with Crippen LogP contribution < -0.4 is 0 Å². The molecule has 0 fully saturated rings. The van der Waals surface area contributed by atoms with Crippen molar-refractivity contribution in [2.24, 2.45) is 0 Å². The smallest absolute Gasteiger partial charge is 0.146 e. The van der Waals surface area contributed by atoms with Gasteiger partial charge < -0.3 is 14.2 Å². The van der Waals surface area contributed by atoms with Crippen molar-refractivity contribution in [2.45, 2.75) is 13.5 Å². The Balaban J connectivity index is 2.12. The van der Waals surface area contributed by atoms with Gasteiger partial charge in [0.2, 0.25) is 0 Å². The van der Waals surface area contributed by atoms with E-state index < -0.39 is 0 Å². The van der Waals surface area contributed by atoms with Crippen molar-refractivity contribution in [1.82, 2.24) is 0 Å². The molecule has 0 radical (unpaired) electrons. The van der Waals surface area contributed by atoms with Crippen LogP contribution in [0.15, 0.2) is 42.0 Å². The van der Waals surface area contributed by atoms with Gasteiger partial charge in [-0.3, -0.25) is 0 Å². The van der Waals surface area contributed by atoms with E-state index in [9.17, 15) is 0 Å². The van der Waals surface area contributed by atoms with Crippen molar-refractivity contribution >= 4 is 0 Å². The lowest BCUT2D eigenvalue weighted by molar-refractivity contribution is -0.0213. The molecule has 0 aliphatic heterocycles. The summed E-state index contributed by atoms with van der Waals surface area (Å²) in [6.45, 7) is 4.18. The van der Waals surface area contributed by atoms with Gasteiger partial charge in [-0.2, -0.15) is 0 Å². The van der Waals surface area contributed by atoms with Gasteiger partial charge in [-0.1, -0.05) is 36.4 Å². The predicted octanol–water partition coefficient (Wildman–Crippen LogP) is 2.77. The van der Waals surface area contributed by atoms with E-state index in [0.29, 0.717) is 26.6 Å². The van der Waals surface area contributed by atoms with E-state index in [1.54, 1.807) is 7.11 Å². The number of methoxy groups -OCH3 is 1. The lowest BCUT2D eigenvalue weighted by Crippen LogP contribution is -2.01. The number of rotatable bonds is 8. The monoisotopic (exact) mass is 236 g/mol. The van der Waals surface area contributed by atoms with Gasteiger partial charge in [0.05, 0.1) is 19.8 Å². The molecule has 0 aromatic heterocycles. The zero-order valence-corrected chi connectivity index (χ0v) is 10.5. The normalized spacial score (nSPS) is 11.8. The van der Waals surface area contributed by atoms with Crippen LogP contribution in [0.4, 0.5) is 0 Å². The number of hydrogen-bond donors (Lipinski definition) is 0. The minimum Gasteiger partial charge on any atom is -0.373 e. The largest absolute Gasteiger partial charge is 0.373 e. The van der Waals surface area contributed by atoms with Gasteiger partial charge in [-0.05, 0) is 18.1 Å². The summed E-state index contributed by atoms with van der Waals surface area (Å²) in [5.41, 5.74) is 2.34. The average Bonchev–Trinajstić information content (AvgIpc) is 2.36. The fourth-order valence-corrected chi connectivity index (χ4v) is 1.30. The molecule has 0 saturated heterocycles. The highest BCUT2D eigenvalue weighted by Crippen LogP contribution is 2.01. The molecule has 0 N–H and O–H groups in total. The zero-order chi connectivity index (χ0) is 12.3. The quantitative estimate of drug-likeness (QED) is 0.394. The summed E-state index contributed by atoms with van der Waals surface area (Å²) >= 11 is 0. The molecule has 0 unspecified atom stereocenters. The highest BCUT2D eigenvalue weighted by Gasteiger charge is 1.92. The Morgan fingerprint density at radius 1 is 1.18 bits per heavy atom. The Labute approximate surface area is 103 Å². The highest BCUT2D eigenvalue weighted by molar-refractivity contribution is 5.13. The molecule has 0 bridgehead atoms. The first-order valence-electron chi connectivity index (χ1n) is 5.67. The molecular weight excluding hydrogens is 216 g/mol. The van der Waals surface area contributed by atoms with Crippen molar-refractivity contribution < 1.29 is 14.2 Å². The summed E-state index contributed by atoms with van der Waals surface area (Å²) in [7, 11) is 1.61. The molecule has 0 spiro atoms. The van der Waals surface area contributed by atoms with Gasteiger partial charge in [0.15, 0.2) is 0 Å². The lowest BCUT2D eigenvalue weighted by atomic mass is 10.2. The van der Waals surface area contributed by atoms with Crippen LogP contribution in [-0.2, 0) is 20.8 Å². The molecule has 0 aliphatic carbocycles. The summed E-state index contributed by atoms with van der Waals surface area (Å²) in [5.74, 6) is 0. The van der Waals surface area contributed by atoms with Gasteiger partial charge in [-0.15, -0.1) is 0 Å². The second kappa shape index (κ2) is 8.93. The molecule has 3 nitrogen and oxygen atoms in total. The van der Waals surface area contributed by atoms with E-state index in [1.807, 2.05) is 31.2 Å². The van der Waals surface area contributed by atoms with Gasteiger partial charge in [-0.25, -0.2) is 0 Å². The van der Waals surface area contributed by atoms with Crippen molar-refractivity contribution in [3.05, 3.63) is 47.5 Å². The third kappa shape index (κ3) is 6.89. The van der Waals surface area contributed by atoms with E-state index in [1.165, 1.54) is 5.56 Å². The Morgan fingerprint density at radius 3 is 2.65 bits per heavy atom. The molecule has 0 atom stereocenters. The van der Waals surface area contributed by atoms with Crippen LogP contribution in [0.2, 0.25) is 0 Å². The van der Waals surface area contributed by atoms with Gasteiger partial charge in [0.1, 0.15) is 6.79 Å². The van der Waals surface area contributed by atoms with Gasteiger partial charge >= 0.3 is 0 Å². The Hall–Kier alpha value is -1.16. The van der Waals surface area contributed by atoms with Gasteiger partial charge in [0, 0.05) is 7.11 Å². The highest BCUT2D eigenvalue weighted by atomic mass is 16.7. The van der Waals surface area contributed by atoms with Gasteiger partial charge in [0.25, 0.3) is 0 Å². The van der Waals surface area contributed by atoms with E-state index >= 15 is 0 Å². The molecule has 0 heterocycles. The van der Waals surface area contributed by atoms with Crippen LogP contribution in [0.1, 0.15) is 12.5 Å². The van der Waals surface area contributed by atoms with E-state index in [0.717, 1.165) is 5.57 Å². The fourth-order valence-electron chi connectivity index (χ4n) is 1.30. The standard InChI is InChI=1S/C14H20O3/c1-13(10-17-12-15-2)8-9-16-11-14-6-4-3-5-7-14/h3-8H,9-12H2,1-2H3/b13-8+. The summed E-state index contributed by atoms with van der Waals surface area (Å²) in [6.07, 6.45) is 2.03. The molecule has 3 heteroatoms. The van der Waals surface area contributed by atoms with Crippen molar-refractivity contribution in [2.75, 3.05) is 27.1 Å². The van der Waals surface area contributed by atoms with E-state index in [2.05, 4.69) is 12.1 Å². The van der Waals surface area contributed by atoms with E-state index in [4.69, 9.17) is 14.2 Å². The Bertz CT molecular complexity index is 319. The summed E-state index contributed by atoms with van der Waals surface area (Å²) in [6, 6.07) is 10.1. The van der Waals surface area contributed by atoms with Crippen LogP contribution in [0, 0.1) is 0 Å². The number of hydrogen-bond acceptors (Lipinski definition) is 3. The zero-order valence-electron chi connectivity index (χ0n) is 10.5. The third-order valence-corrected chi connectivity index (χ3v) is 2.19. The van der Waals surface area contributed by atoms with Crippen LogP contribution in [0.25, 0.3) is 0 Å². The Morgan fingerprint density at radius 2 is 1.94 bits per heavy atom. The SMILES string of the molecule is COCOC/C(C)=C/COCc1ccccc1. The van der Waals surface area contributed by atoms with Crippen LogP contribution >= 0.6 is 0 Å². The molecule has 0 aliphatic rings. The van der Waals surface area contributed by atoms with Crippen molar-refractivity contribution in [1.29, 1.82) is 0 Å². The molecule has 1 rings (SSSR count). The minimum absolute atomic E-state index is 0.329. The second-order valence-electron chi connectivity index (χ2n) is 3.81. The number of benzene rings is 1. The maximum absolute atomic E-state index is 5.53. The maximum atomic E-state index is 5.53. The third-order valence-electron chi connectivity index (χ3n) is 2.19. The number of ether oxygens (including phenoxy) is 3.